The number of amides is 11. The molecule has 0 radical (unpaired) electrons. The van der Waals surface area contributed by atoms with E-state index < -0.39 is 161 Å². The van der Waals surface area contributed by atoms with Gasteiger partial charge in [0.25, 0.3) is 0 Å². The lowest BCUT2D eigenvalue weighted by Gasteiger charge is -2.39. The number of hydrogen-bond donors (Lipinski definition) is 4. The fourth-order valence-electron chi connectivity index (χ4n) is 12.3. The van der Waals surface area contributed by atoms with E-state index in [2.05, 4.69) is 21.3 Å². The molecule has 22 nitrogen and oxygen atoms in total. The van der Waals surface area contributed by atoms with Crippen molar-refractivity contribution in [2.24, 2.45) is 17.8 Å². The van der Waals surface area contributed by atoms with Crippen molar-refractivity contribution < 1.29 is 65.9 Å². The van der Waals surface area contributed by atoms with Gasteiger partial charge in [-0.1, -0.05) is 103 Å². The number of aryl methyl sites for hydroxylation is 2. The lowest BCUT2D eigenvalue weighted by atomic mass is 9.92. The summed E-state index contributed by atoms with van der Waals surface area (Å²) in [6.45, 7) is 12.6. The normalized spacial score (nSPS) is 24.9. The number of carbonyl (C=O) groups excluding carboxylic acids is 11. The Bertz CT molecular complexity index is 3000. The molecule has 4 N–H and O–H groups in total. The molecule has 3 fully saturated rings. The van der Waals surface area contributed by atoms with Crippen LogP contribution in [0.1, 0.15) is 135 Å². The Labute approximate surface area is 538 Å². The van der Waals surface area contributed by atoms with Gasteiger partial charge in [0, 0.05) is 67.7 Å². The maximum atomic E-state index is 15.0. The van der Waals surface area contributed by atoms with Crippen LogP contribution < -0.4 is 21.3 Å². The lowest BCUT2D eigenvalue weighted by Crippen LogP contribution is -2.64. The van der Waals surface area contributed by atoms with Gasteiger partial charge in [-0.25, -0.2) is 0 Å². The van der Waals surface area contributed by atoms with Crippen molar-refractivity contribution in [1.29, 1.82) is 0 Å². The van der Waals surface area contributed by atoms with Crippen LogP contribution in [0.5, 0.6) is 0 Å². The van der Waals surface area contributed by atoms with Crippen LogP contribution in [0.25, 0.3) is 0 Å². The molecule has 1 aliphatic carbocycles. The second kappa shape index (κ2) is 32.3. The van der Waals surface area contributed by atoms with Crippen molar-refractivity contribution in [2.45, 2.75) is 186 Å². The molecule has 8 atom stereocenters. The van der Waals surface area contributed by atoms with Crippen molar-refractivity contribution in [1.82, 2.24) is 55.6 Å². The second-order valence-electron chi connectivity index (χ2n) is 26.0. The minimum absolute atomic E-state index is 0.0373. The van der Waals surface area contributed by atoms with E-state index in [0.29, 0.717) is 36.8 Å². The van der Waals surface area contributed by atoms with Gasteiger partial charge >= 0.3 is 6.18 Å². The number of alkyl halides is 3. The fraction of sp³-hybridized carbons (Fsp3) is 0.646. The molecule has 5 rings (SSSR count). The van der Waals surface area contributed by atoms with Gasteiger partial charge in [-0.2, -0.15) is 13.2 Å². The molecule has 11 amide bonds. The van der Waals surface area contributed by atoms with Crippen molar-refractivity contribution in [3.8, 4) is 0 Å². The van der Waals surface area contributed by atoms with Gasteiger partial charge in [0.2, 0.25) is 65.0 Å². The van der Waals surface area contributed by atoms with Crippen LogP contribution in [-0.4, -0.2) is 216 Å². The highest BCUT2D eigenvalue weighted by molar-refractivity contribution is 6.31. The summed E-state index contributed by atoms with van der Waals surface area (Å²) >= 11 is 6.11. The standard InChI is InChI=1S/C65H95ClF3N11O11/c1-15-40(6)55-62(90)76(11)36-53(83)74(9)37-54(84)78(13)50(34-44-22-17-16-21-41(44)7)61(89)75(10)35-51(81)71-47(27-25-43-24-26-45(46(66)33-43)65(67,68)69)60(88)80-30-20-23-48(80)58(86)73-64(28-18-19-29-64)63(91)79(14)56(39(4)5)59(87)70-42(8)32-52(82)77(12)49(31-38(2)3)57(85)72-55/h16-17,21-22,24,26,33,38-40,42,47-50,55-56H,15,18-20,23,25,27-32,34-37H2,1-14H3,(H,70,87)(H,71,81)(H,72,85)(H,73,86)/t40-,42+,47-,48?,49-,50-,55-,56-/m0/s1. The largest absolute Gasteiger partial charge is 0.417 e. The van der Waals surface area contributed by atoms with Gasteiger partial charge in [-0.05, 0) is 105 Å². The van der Waals surface area contributed by atoms with E-state index >= 15 is 4.79 Å². The molecule has 0 bridgehead atoms. The quantitative estimate of drug-likeness (QED) is 0.253. The molecule has 1 unspecified atom stereocenters. The van der Waals surface area contributed by atoms with Crippen LogP contribution in [-0.2, 0) is 71.8 Å². The van der Waals surface area contributed by atoms with Crippen LogP contribution in [0.15, 0.2) is 42.5 Å². The molecule has 2 aromatic rings. The van der Waals surface area contributed by atoms with E-state index in [1.165, 1.54) is 68.0 Å². The monoisotopic (exact) mass is 1300 g/mol. The number of nitrogens with zero attached hydrogens (tertiary/aromatic N) is 7. The number of rotatable bonds is 10. The first-order valence-electron chi connectivity index (χ1n) is 31.5. The summed E-state index contributed by atoms with van der Waals surface area (Å²) in [6, 6.07) is 2.29. The zero-order valence-corrected chi connectivity index (χ0v) is 56.0. The number of benzene rings is 2. The van der Waals surface area contributed by atoms with Crippen LogP contribution in [0.2, 0.25) is 5.02 Å². The SMILES string of the molecule is CC[C@H](C)[C@@H]1NC(=O)[C@H](CC(C)C)N(C)C(=O)C[C@@H](C)NC(=O)[C@H](C(C)C)N(C)C(=O)C2(CCCC2)NC(=O)C2CCCN2C(=O)[C@H](CCc2ccc(C(F)(F)F)c(Cl)c2)NC(=O)CN(C)C(=O)[C@H](Cc2ccccc2C)N(C)C(=O)CN(C)C(=O)CN(C)C1=O. The summed E-state index contributed by atoms with van der Waals surface area (Å²) < 4.78 is 41.3. The number of carbonyl (C=O) groups is 11. The molecule has 26 heteroatoms. The summed E-state index contributed by atoms with van der Waals surface area (Å²) in [7, 11) is 8.39. The topological polar surface area (TPSA) is 259 Å². The van der Waals surface area contributed by atoms with Gasteiger partial charge in [-0.3, -0.25) is 52.7 Å². The van der Waals surface area contributed by atoms with E-state index in [0.717, 1.165) is 32.4 Å². The van der Waals surface area contributed by atoms with E-state index in [4.69, 9.17) is 11.6 Å². The van der Waals surface area contributed by atoms with Crippen LogP contribution in [0, 0.1) is 24.7 Å². The average Bonchev–Trinajstić information content (AvgIpc) is 1.78. The minimum atomic E-state index is -4.75. The number of likely N-dealkylation sites (N-methyl/N-ethyl adjacent to an activating group) is 6. The van der Waals surface area contributed by atoms with E-state index in [-0.39, 0.29) is 63.8 Å². The highest BCUT2D eigenvalue weighted by atomic mass is 35.5. The molecule has 0 aromatic heterocycles. The molecule has 2 aliphatic heterocycles. The molecule has 504 valence electrons. The highest BCUT2D eigenvalue weighted by Crippen LogP contribution is 2.36. The molecule has 1 spiro atoms. The van der Waals surface area contributed by atoms with Crippen LogP contribution in [0.4, 0.5) is 13.2 Å². The molecule has 2 saturated heterocycles. The summed E-state index contributed by atoms with van der Waals surface area (Å²) in [5.74, 6) is -8.19. The number of nitrogens with one attached hydrogen (secondary N) is 4. The molecule has 2 heterocycles. The molecular formula is C65H95ClF3N11O11. The number of hydrogen-bond acceptors (Lipinski definition) is 11. The van der Waals surface area contributed by atoms with E-state index in [1.54, 1.807) is 45.9 Å². The second-order valence-corrected chi connectivity index (χ2v) is 26.4. The molecule has 1 saturated carbocycles. The summed E-state index contributed by atoms with van der Waals surface area (Å²) in [5.41, 5.74) is -0.814. The van der Waals surface area contributed by atoms with Crippen molar-refractivity contribution in [3.63, 3.8) is 0 Å². The van der Waals surface area contributed by atoms with Crippen molar-refractivity contribution in [2.75, 3.05) is 68.5 Å². The van der Waals surface area contributed by atoms with Crippen LogP contribution in [0.3, 0.4) is 0 Å². The predicted octanol–water partition coefficient (Wildman–Crippen LogP) is 4.74. The maximum absolute atomic E-state index is 15.0. The van der Waals surface area contributed by atoms with Crippen molar-refractivity contribution >= 4 is 76.6 Å². The van der Waals surface area contributed by atoms with Gasteiger partial charge in [-0.15, -0.1) is 0 Å². The first kappa shape index (κ1) is 74.4. The smallest absolute Gasteiger partial charge is 0.351 e. The van der Waals surface area contributed by atoms with Gasteiger partial charge in [0.1, 0.15) is 41.8 Å². The van der Waals surface area contributed by atoms with Gasteiger partial charge in [0.05, 0.1) is 30.2 Å². The summed E-state index contributed by atoms with van der Waals surface area (Å²) in [4.78, 5) is 168. The third kappa shape index (κ3) is 19.1. The Morgan fingerprint density at radius 2 is 1.30 bits per heavy atom. The third-order valence-corrected chi connectivity index (χ3v) is 18.3. The van der Waals surface area contributed by atoms with Gasteiger partial charge < -0.3 is 55.6 Å². The minimum Gasteiger partial charge on any atom is -0.351 e. The summed E-state index contributed by atoms with van der Waals surface area (Å²) in [6.07, 6.45) is -2.75. The first-order valence-corrected chi connectivity index (χ1v) is 31.9. The van der Waals surface area contributed by atoms with E-state index in [1.807, 2.05) is 33.8 Å². The summed E-state index contributed by atoms with van der Waals surface area (Å²) in [5, 5.41) is 10.9. The predicted molar refractivity (Wildman–Crippen MR) is 336 cm³/mol. The molecular weight excluding hydrogens is 1200 g/mol. The van der Waals surface area contributed by atoms with Crippen molar-refractivity contribution in [3.05, 3.63) is 69.7 Å². The average molecular weight is 1300 g/mol. The fourth-order valence-corrected chi connectivity index (χ4v) is 12.6. The van der Waals surface area contributed by atoms with Crippen LogP contribution >= 0.6 is 11.6 Å². The maximum Gasteiger partial charge on any atom is 0.417 e. The Morgan fingerprint density at radius 1 is 0.681 bits per heavy atom. The zero-order valence-electron chi connectivity index (χ0n) is 55.3. The first-order chi connectivity index (χ1) is 42.5. The highest BCUT2D eigenvalue weighted by Gasteiger charge is 2.49. The molecule has 91 heavy (non-hydrogen) atoms. The van der Waals surface area contributed by atoms with E-state index in [9.17, 15) is 61.1 Å². The van der Waals surface area contributed by atoms with Gasteiger partial charge in [0.15, 0.2) is 0 Å². The third-order valence-electron chi connectivity index (χ3n) is 18.0. The lowest BCUT2D eigenvalue weighted by molar-refractivity contribution is -0.149. The Kier molecular flexibility index (Phi) is 26.4. The zero-order chi connectivity index (χ0) is 68.1. The number of fused-ring (bicyclic) bond motifs is 1. The molecule has 3 aliphatic rings. The Morgan fingerprint density at radius 3 is 1.89 bits per heavy atom. The Balaban J connectivity index is 1.56. The molecule has 2 aromatic carbocycles. The Hall–Kier alpha value is -7.31. The number of halogens is 4.